The van der Waals surface area contributed by atoms with E-state index in [1.165, 1.54) is 24.3 Å². The second kappa shape index (κ2) is 11.9. The summed E-state index contributed by atoms with van der Waals surface area (Å²) in [5, 5.41) is 20.6. The summed E-state index contributed by atoms with van der Waals surface area (Å²) >= 11 is 0. The number of hydrogen-bond donors (Lipinski definition) is 2. The average molecular weight is 694 g/mol. The van der Waals surface area contributed by atoms with E-state index >= 15 is 8.78 Å². The van der Waals surface area contributed by atoms with Gasteiger partial charge in [-0.05, 0) is 55.0 Å². The summed E-state index contributed by atoms with van der Waals surface area (Å²) in [7, 11) is 1.72. The zero-order chi connectivity index (χ0) is 35.8. The van der Waals surface area contributed by atoms with Crippen molar-refractivity contribution < 1.29 is 23.0 Å². The van der Waals surface area contributed by atoms with E-state index in [0.717, 1.165) is 25.1 Å². The molecular weight excluding hydrogens is 655 g/mol. The van der Waals surface area contributed by atoms with Gasteiger partial charge in [0.15, 0.2) is 5.82 Å². The average Bonchev–Trinajstić information content (AvgIpc) is 3.77. The molecule has 262 valence electrons. The highest BCUT2D eigenvalue weighted by Gasteiger charge is 2.49. The van der Waals surface area contributed by atoms with E-state index in [1.54, 1.807) is 17.9 Å². The van der Waals surface area contributed by atoms with Crippen LogP contribution in [0.3, 0.4) is 0 Å². The lowest BCUT2D eigenvalue weighted by Crippen LogP contribution is -2.58. The number of nitrogens with one attached hydrogen (secondary N) is 1. The van der Waals surface area contributed by atoms with Crippen LogP contribution in [0.4, 0.5) is 19.0 Å². The molecule has 0 saturated carbocycles. The molecule has 0 spiro atoms. The Labute approximate surface area is 293 Å². The number of terminal acetylenes is 1. The molecule has 0 radical (unpaired) electrons. The highest BCUT2D eigenvalue weighted by molar-refractivity contribution is 6.18. The Kier molecular flexibility index (Phi) is 7.68. The molecule has 9 nitrogen and oxygen atoms in total. The third-order valence-corrected chi connectivity index (χ3v) is 10.9. The molecule has 3 fully saturated rings. The fourth-order valence-corrected chi connectivity index (χ4v) is 8.53. The van der Waals surface area contributed by atoms with E-state index in [1.807, 2.05) is 17.9 Å². The van der Waals surface area contributed by atoms with Crippen LogP contribution in [0.2, 0.25) is 0 Å². The van der Waals surface area contributed by atoms with Gasteiger partial charge in [0.2, 0.25) is 0 Å². The maximum absolute atomic E-state index is 17.6. The summed E-state index contributed by atoms with van der Waals surface area (Å²) in [6.45, 7) is 12.4. The number of piperazine rings is 1. The summed E-state index contributed by atoms with van der Waals surface area (Å²) in [5.41, 5.74) is -0.0220. The molecule has 3 aliphatic rings. The number of fused-ring (bicyclic) bond motifs is 5. The van der Waals surface area contributed by atoms with E-state index < -0.39 is 28.9 Å². The Morgan fingerprint density at radius 3 is 2.80 bits per heavy atom. The third-order valence-electron chi connectivity index (χ3n) is 10.9. The summed E-state index contributed by atoms with van der Waals surface area (Å²) in [5.74, 6) is 1.24. The van der Waals surface area contributed by atoms with Crippen molar-refractivity contribution in [1.82, 2.24) is 30.0 Å². The first-order valence-corrected chi connectivity index (χ1v) is 17.1. The molecule has 0 aliphatic carbocycles. The Morgan fingerprint density at radius 2 is 2.04 bits per heavy atom. The first kappa shape index (κ1) is 32.9. The number of ether oxygens (including phenoxy) is 1. The van der Waals surface area contributed by atoms with Crippen LogP contribution >= 0.6 is 0 Å². The Bertz CT molecular complexity index is 2330. The molecule has 5 heterocycles. The summed E-state index contributed by atoms with van der Waals surface area (Å²) in [6.07, 6.45) is 11.2. The molecule has 0 unspecified atom stereocenters. The molecule has 0 amide bonds. The van der Waals surface area contributed by atoms with Gasteiger partial charge in [-0.25, -0.2) is 13.2 Å². The van der Waals surface area contributed by atoms with Gasteiger partial charge in [-0.15, -0.1) is 13.0 Å². The molecule has 3 aliphatic heterocycles. The topological polar surface area (TPSA) is 91.6 Å². The van der Waals surface area contributed by atoms with Crippen molar-refractivity contribution in [3.63, 3.8) is 0 Å². The molecule has 0 bridgehead atoms. The lowest BCUT2D eigenvalue weighted by atomic mass is 9.90. The molecule has 2 aromatic heterocycles. The number of rotatable bonds is 7. The molecule has 5 aromatic rings. The minimum Gasteiger partial charge on any atom is -0.508 e. The first-order chi connectivity index (χ1) is 24.5. The Hall–Kier alpha value is -5.28. The highest BCUT2D eigenvalue weighted by Crippen LogP contribution is 2.46. The maximum atomic E-state index is 17.6. The van der Waals surface area contributed by atoms with Crippen molar-refractivity contribution >= 4 is 38.4 Å². The van der Waals surface area contributed by atoms with Crippen LogP contribution in [0.5, 0.6) is 11.8 Å². The minimum atomic E-state index is -0.955. The molecule has 3 aromatic carbocycles. The largest absolute Gasteiger partial charge is 0.508 e. The number of hydrogen-bond acceptors (Lipinski definition) is 8. The summed E-state index contributed by atoms with van der Waals surface area (Å²) in [4.78, 5) is 13.8. The van der Waals surface area contributed by atoms with Crippen molar-refractivity contribution in [2.45, 2.75) is 49.9 Å². The number of aryl methyl sites for hydroxylation is 1. The number of phenolic OH excluding ortho intramolecular Hbond substituents is 1. The SMILES string of the molecule is C#Cc1c(F)ccc2cc(O)cc(-c3c(F)c4nc(OC[C@@]56CCCN5C[C@H](F)C6)nc(N5CC(=C)N[C@](C=C)(CC)C5)c4c4cn(C)nc34)c12. The Balaban J connectivity index is 1.41. The summed E-state index contributed by atoms with van der Waals surface area (Å²) in [6, 6.07) is 5.46. The standard InChI is InChI=1S/C39H38F3N7O2/c1-6-26-29(41)11-10-23-14-25(50)15-27(30(23)26)31-33(42)35-32(28-19-47(5)46-34(28)31)36(48-17-22(4)45-38(7-2,8-3)20-48)44-37(43-35)51-21-39-12-9-13-49(39)18-24(40)16-39/h1,7,10-11,14-15,19,24,45,50H,2,4,8-9,12-13,16-18,20-21H2,3,5H3/t24-,38-,39+/m1/s1. The van der Waals surface area contributed by atoms with Crippen LogP contribution in [-0.4, -0.2) is 79.8 Å². The number of benzene rings is 3. The van der Waals surface area contributed by atoms with Gasteiger partial charge in [0, 0.05) is 54.8 Å². The van der Waals surface area contributed by atoms with Crippen LogP contribution in [0.25, 0.3) is 43.7 Å². The first-order valence-electron chi connectivity index (χ1n) is 17.1. The number of phenols is 1. The Morgan fingerprint density at radius 1 is 1.22 bits per heavy atom. The van der Waals surface area contributed by atoms with Gasteiger partial charge >= 0.3 is 6.01 Å². The highest BCUT2D eigenvalue weighted by atomic mass is 19.1. The molecule has 51 heavy (non-hydrogen) atoms. The van der Waals surface area contributed by atoms with E-state index in [0.29, 0.717) is 54.5 Å². The number of nitrogens with zero attached hydrogens (tertiary/aromatic N) is 6. The third kappa shape index (κ3) is 5.16. The van der Waals surface area contributed by atoms with Crippen molar-refractivity contribution in [3.8, 4) is 35.2 Å². The number of anilines is 1. The van der Waals surface area contributed by atoms with Gasteiger partial charge < -0.3 is 20.1 Å². The van der Waals surface area contributed by atoms with Gasteiger partial charge in [-0.3, -0.25) is 9.58 Å². The second-order valence-electron chi connectivity index (χ2n) is 14.1. The van der Waals surface area contributed by atoms with Crippen LogP contribution in [0.1, 0.15) is 38.2 Å². The number of halogens is 3. The number of aromatic nitrogens is 4. The zero-order valence-electron chi connectivity index (χ0n) is 28.6. The van der Waals surface area contributed by atoms with Crippen molar-refractivity contribution in [2.75, 3.05) is 37.7 Å². The van der Waals surface area contributed by atoms with E-state index in [9.17, 15) is 9.50 Å². The quantitative estimate of drug-likeness (QED) is 0.147. The molecule has 8 rings (SSSR count). The van der Waals surface area contributed by atoms with Crippen molar-refractivity contribution in [2.24, 2.45) is 7.05 Å². The second-order valence-corrected chi connectivity index (χ2v) is 14.1. The monoisotopic (exact) mass is 693 g/mol. The lowest BCUT2D eigenvalue weighted by molar-refractivity contribution is 0.107. The fraction of sp³-hybridized carbons (Fsp3) is 0.359. The van der Waals surface area contributed by atoms with E-state index in [2.05, 4.69) is 34.4 Å². The van der Waals surface area contributed by atoms with Crippen LogP contribution < -0.4 is 15.0 Å². The van der Waals surface area contributed by atoms with Gasteiger partial charge in [0.1, 0.15) is 41.2 Å². The van der Waals surface area contributed by atoms with Gasteiger partial charge in [-0.1, -0.05) is 31.6 Å². The molecule has 12 heteroatoms. The van der Waals surface area contributed by atoms with Crippen LogP contribution in [0, 0.1) is 24.0 Å². The lowest BCUT2D eigenvalue weighted by Gasteiger charge is -2.44. The fourth-order valence-electron chi connectivity index (χ4n) is 8.53. The maximum Gasteiger partial charge on any atom is 0.319 e. The summed E-state index contributed by atoms with van der Waals surface area (Å²) < 4.78 is 55.4. The van der Waals surface area contributed by atoms with Crippen molar-refractivity contribution in [1.29, 1.82) is 0 Å². The smallest absolute Gasteiger partial charge is 0.319 e. The normalized spacial score (nSPS) is 23.6. The predicted octanol–water partition coefficient (Wildman–Crippen LogP) is 6.52. The van der Waals surface area contributed by atoms with E-state index in [-0.39, 0.29) is 51.5 Å². The number of alkyl halides is 1. The molecular formula is C39H38F3N7O2. The van der Waals surface area contributed by atoms with Gasteiger partial charge in [0.25, 0.3) is 0 Å². The van der Waals surface area contributed by atoms with Crippen LogP contribution in [-0.2, 0) is 7.05 Å². The zero-order valence-corrected chi connectivity index (χ0v) is 28.6. The molecule has 3 atom stereocenters. The van der Waals surface area contributed by atoms with E-state index in [4.69, 9.17) is 21.1 Å². The predicted molar refractivity (Wildman–Crippen MR) is 193 cm³/mol. The van der Waals surface area contributed by atoms with Crippen LogP contribution in [0.15, 0.2) is 55.4 Å². The van der Waals surface area contributed by atoms with Crippen molar-refractivity contribution in [3.05, 3.63) is 72.6 Å². The minimum absolute atomic E-state index is 0.00737. The van der Waals surface area contributed by atoms with Gasteiger partial charge in [-0.2, -0.15) is 15.1 Å². The van der Waals surface area contributed by atoms with Gasteiger partial charge in [0.05, 0.1) is 28.6 Å². The number of aromatic hydroxyl groups is 1. The molecule has 3 saturated heterocycles. The molecule has 2 N–H and O–H groups in total.